The Bertz CT molecular complexity index is 556. The van der Waals surface area contributed by atoms with Gasteiger partial charge in [0.25, 0.3) is 5.91 Å². The molecular formula is C17H23NO4. The number of hydrogen-bond acceptors (Lipinski definition) is 3. The summed E-state index contributed by atoms with van der Waals surface area (Å²) in [5, 5.41) is 9.12. The number of amides is 1. The number of aromatic carboxylic acids is 1. The largest absolute Gasteiger partial charge is 0.479 e. The summed E-state index contributed by atoms with van der Waals surface area (Å²) in [4.78, 5) is 25.1. The third-order valence-corrected chi connectivity index (χ3v) is 3.90. The van der Waals surface area contributed by atoms with E-state index in [9.17, 15) is 9.59 Å². The Morgan fingerprint density at radius 3 is 2.68 bits per heavy atom. The van der Waals surface area contributed by atoms with Crippen molar-refractivity contribution in [3.63, 3.8) is 0 Å². The standard InChI is InChI=1S/C17H23NO4/c1-3-4-5-6-7-10-18-14-11-13(17(20)21)8-9-15(14)22-12(2)16(18)19/h8-9,11-12H,3-7,10H2,1-2H3,(H,20,21). The van der Waals surface area contributed by atoms with Crippen LogP contribution in [0, 0.1) is 0 Å². The molecule has 0 spiro atoms. The van der Waals surface area contributed by atoms with E-state index in [1.54, 1.807) is 17.9 Å². The number of carbonyl (C=O) groups is 2. The average molecular weight is 305 g/mol. The minimum atomic E-state index is -1.00. The number of anilines is 1. The van der Waals surface area contributed by atoms with Gasteiger partial charge in [0.05, 0.1) is 11.3 Å². The Balaban J connectivity index is 2.15. The molecule has 0 radical (unpaired) electrons. The fourth-order valence-electron chi connectivity index (χ4n) is 2.64. The highest BCUT2D eigenvalue weighted by molar-refractivity contribution is 6.01. The maximum absolute atomic E-state index is 12.3. The number of rotatable bonds is 7. The van der Waals surface area contributed by atoms with E-state index in [1.807, 2.05) is 0 Å². The predicted molar refractivity (Wildman–Crippen MR) is 84.6 cm³/mol. The van der Waals surface area contributed by atoms with Crippen LogP contribution in [-0.4, -0.2) is 29.6 Å². The summed E-state index contributed by atoms with van der Waals surface area (Å²) in [5.74, 6) is -0.534. The minimum Gasteiger partial charge on any atom is -0.479 e. The van der Waals surface area contributed by atoms with Gasteiger partial charge in [-0.1, -0.05) is 32.6 Å². The van der Waals surface area contributed by atoms with Gasteiger partial charge in [-0.05, 0) is 31.5 Å². The highest BCUT2D eigenvalue weighted by atomic mass is 16.5. The molecule has 1 atom stereocenters. The molecule has 1 aliphatic rings. The van der Waals surface area contributed by atoms with Gasteiger partial charge in [0.2, 0.25) is 0 Å². The predicted octanol–water partition coefficient (Wildman–Crippen LogP) is 3.47. The van der Waals surface area contributed by atoms with E-state index in [1.165, 1.54) is 25.0 Å². The molecule has 5 heteroatoms. The molecule has 1 N–H and O–H groups in total. The lowest BCUT2D eigenvalue weighted by Crippen LogP contribution is -2.45. The zero-order valence-electron chi connectivity index (χ0n) is 13.2. The third-order valence-electron chi connectivity index (χ3n) is 3.90. The van der Waals surface area contributed by atoms with Gasteiger partial charge in [0.1, 0.15) is 5.75 Å². The molecule has 0 saturated heterocycles. The van der Waals surface area contributed by atoms with Gasteiger partial charge >= 0.3 is 5.97 Å². The van der Waals surface area contributed by atoms with Crippen LogP contribution in [0.4, 0.5) is 5.69 Å². The van der Waals surface area contributed by atoms with Gasteiger partial charge in [0.15, 0.2) is 6.10 Å². The maximum atomic E-state index is 12.3. The first-order valence-electron chi connectivity index (χ1n) is 7.90. The van der Waals surface area contributed by atoms with E-state index in [4.69, 9.17) is 9.84 Å². The summed E-state index contributed by atoms with van der Waals surface area (Å²) in [6.07, 6.45) is 4.99. The molecule has 0 saturated carbocycles. The first kappa shape index (κ1) is 16.3. The van der Waals surface area contributed by atoms with Crippen LogP contribution in [0.3, 0.4) is 0 Å². The Labute approximate surface area is 130 Å². The number of carboxylic acids is 1. The zero-order chi connectivity index (χ0) is 16.1. The summed E-state index contributed by atoms with van der Waals surface area (Å²) in [6.45, 7) is 4.49. The van der Waals surface area contributed by atoms with Crippen molar-refractivity contribution in [3.05, 3.63) is 23.8 Å². The van der Waals surface area contributed by atoms with Gasteiger partial charge < -0.3 is 14.7 Å². The van der Waals surface area contributed by atoms with Crippen molar-refractivity contribution in [2.24, 2.45) is 0 Å². The van der Waals surface area contributed by atoms with Crippen LogP contribution >= 0.6 is 0 Å². The number of benzene rings is 1. The highest BCUT2D eigenvalue weighted by Crippen LogP contribution is 2.35. The molecule has 2 rings (SSSR count). The van der Waals surface area contributed by atoms with Gasteiger partial charge in [-0.15, -0.1) is 0 Å². The van der Waals surface area contributed by atoms with Gasteiger partial charge in [-0.25, -0.2) is 4.79 Å². The van der Waals surface area contributed by atoms with Crippen LogP contribution in [0.5, 0.6) is 5.75 Å². The normalized spacial score (nSPS) is 17.1. The van der Waals surface area contributed by atoms with Gasteiger partial charge in [0, 0.05) is 6.54 Å². The van der Waals surface area contributed by atoms with E-state index < -0.39 is 12.1 Å². The van der Waals surface area contributed by atoms with Crippen molar-refractivity contribution in [1.29, 1.82) is 0 Å². The monoisotopic (exact) mass is 305 g/mol. The lowest BCUT2D eigenvalue weighted by atomic mass is 10.1. The number of carboxylic acid groups (broad SMARTS) is 1. The van der Waals surface area contributed by atoms with Gasteiger partial charge in [-0.2, -0.15) is 0 Å². The number of hydrogen-bond donors (Lipinski definition) is 1. The first-order valence-corrected chi connectivity index (χ1v) is 7.90. The number of fused-ring (bicyclic) bond motifs is 1. The molecule has 120 valence electrons. The average Bonchev–Trinajstić information content (AvgIpc) is 2.50. The Morgan fingerprint density at radius 2 is 2.00 bits per heavy atom. The SMILES string of the molecule is CCCCCCCN1C(=O)C(C)Oc2ccc(C(=O)O)cc21. The van der Waals surface area contributed by atoms with Crippen molar-refractivity contribution < 1.29 is 19.4 Å². The Morgan fingerprint density at radius 1 is 1.27 bits per heavy atom. The van der Waals surface area contributed by atoms with E-state index in [2.05, 4.69) is 6.92 Å². The number of ether oxygens (including phenoxy) is 1. The van der Waals surface area contributed by atoms with Crippen molar-refractivity contribution in [3.8, 4) is 5.75 Å². The van der Waals surface area contributed by atoms with Crippen molar-refractivity contribution >= 4 is 17.6 Å². The molecular weight excluding hydrogens is 282 g/mol. The number of carbonyl (C=O) groups excluding carboxylic acids is 1. The molecule has 5 nitrogen and oxygen atoms in total. The van der Waals surface area contributed by atoms with E-state index in [0.717, 1.165) is 19.3 Å². The summed E-state index contributed by atoms with van der Waals surface area (Å²) < 4.78 is 5.57. The summed E-state index contributed by atoms with van der Waals surface area (Å²) in [6, 6.07) is 4.66. The topological polar surface area (TPSA) is 66.8 Å². The minimum absolute atomic E-state index is 0.106. The second kappa shape index (κ2) is 7.29. The molecule has 1 unspecified atom stereocenters. The zero-order valence-corrected chi connectivity index (χ0v) is 13.2. The molecule has 0 aliphatic carbocycles. The van der Waals surface area contributed by atoms with Crippen LogP contribution in [0.1, 0.15) is 56.3 Å². The van der Waals surface area contributed by atoms with E-state index in [0.29, 0.717) is 18.0 Å². The summed E-state index contributed by atoms with van der Waals surface area (Å²) >= 11 is 0. The van der Waals surface area contributed by atoms with Crippen molar-refractivity contribution in [2.75, 3.05) is 11.4 Å². The fourth-order valence-corrected chi connectivity index (χ4v) is 2.64. The lowest BCUT2D eigenvalue weighted by molar-refractivity contribution is -0.125. The van der Waals surface area contributed by atoms with Gasteiger partial charge in [-0.3, -0.25) is 4.79 Å². The van der Waals surface area contributed by atoms with Crippen LogP contribution in [0.25, 0.3) is 0 Å². The molecule has 1 aromatic rings. The van der Waals surface area contributed by atoms with Crippen molar-refractivity contribution in [1.82, 2.24) is 0 Å². The van der Waals surface area contributed by atoms with Crippen LogP contribution in [-0.2, 0) is 4.79 Å². The third kappa shape index (κ3) is 3.59. The molecule has 1 aliphatic heterocycles. The second-order valence-electron chi connectivity index (χ2n) is 5.65. The fraction of sp³-hybridized carbons (Fsp3) is 0.529. The number of nitrogens with zero attached hydrogens (tertiary/aromatic N) is 1. The quantitative estimate of drug-likeness (QED) is 0.783. The van der Waals surface area contributed by atoms with Crippen LogP contribution < -0.4 is 9.64 Å². The summed E-state index contributed by atoms with van der Waals surface area (Å²) in [5.41, 5.74) is 0.735. The molecule has 22 heavy (non-hydrogen) atoms. The smallest absolute Gasteiger partial charge is 0.335 e. The molecule has 1 aromatic carbocycles. The van der Waals surface area contributed by atoms with Crippen LogP contribution in [0.15, 0.2) is 18.2 Å². The Hall–Kier alpha value is -2.04. The second-order valence-corrected chi connectivity index (χ2v) is 5.65. The molecule has 1 amide bonds. The molecule has 0 bridgehead atoms. The van der Waals surface area contributed by atoms with Crippen molar-refractivity contribution in [2.45, 2.75) is 52.1 Å². The number of unbranched alkanes of at least 4 members (excludes halogenated alkanes) is 4. The maximum Gasteiger partial charge on any atom is 0.335 e. The van der Waals surface area contributed by atoms with Crippen LogP contribution in [0.2, 0.25) is 0 Å². The first-order chi connectivity index (χ1) is 10.5. The Kier molecular flexibility index (Phi) is 5.41. The van der Waals surface area contributed by atoms with E-state index >= 15 is 0 Å². The lowest BCUT2D eigenvalue weighted by Gasteiger charge is -2.33. The highest BCUT2D eigenvalue weighted by Gasteiger charge is 2.31. The molecule has 1 heterocycles. The van der Waals surface area contributed by atoms with E-state index in [-0.39, 0.29) is 11.5 Å². The summed E-state index contributed by atoms with van der Waals surface area (Å²) in [7, 11) is 0. The molecule has 0 aromatic heterocycles. The molecule has 0 fully saturated rings.